The summed E-state index contributed by atoms with van der Waals surface area (Å²) in [5, 5.41) is 9.97. The Labute approximate surface area is 275 Å². The third-order valence-corrected chi connectivity index (χ3v) is 9.46. The number of halogens is 2. The van der Waals surface area contributed by atoms with Crippen molar-refractivity contribution in [3.8, 4) is 0 Å². The van der Waals surface area contributed by atoms with Crippen LogP contribution in [0.3, 0.4) is 0 Å². The van der Waals surface area contributed by atoms with Crippen LogP contribution in [-0.4, -0.2) is 70.9 Å². The number of rotatable bonds is 6. The topological polar surface area (TPSA) is 171 Å². The number of aromatic nitrogens is 2. The number of likely N-dealkylation sites (N-methyl/N-ethyl adjacent to an activating group) is 1. The van der Waals surface area contributed by atoms with E-state index in [0.29, 0.717) is 30.0 Å². The van der Waals surface area contributed by atoms with E-state index < -0.39 is 47.5 Å². The van der Waals surface area contributed by atoms with Crippen LogP contribution < -0.4 is 27.4 Å². The van der Waals surface area contributed by atoms with E-state index in [1.807, 2.05) is 24.3 Å². The van der Waals surface area contributed by atoms with Crippen LogP contribution in [0.15, 0.2) is 70.8 Å². The van der Waals surface area contributed by atoms with Gasteiger partial charge < -0.3 is 37.3 Å². The maximum atomic E-state index is 15.3. The van der Waals surface area contributed by atoms with E-state index in [1.165, 1.54) is 18.1 Å². The Kier molecular flexibility index (Phi) is 11.2. The molecule has 0 fully saturated rings. The lowest BCUT2D eigenvalue weighted by Crippen LogP contribution is -2.59. The van der Waals surface area contributed by atoms with E-state index in [9.17, 15) is 14.4 Å². The Morgan fingerprint density at radius 3 is 2.55 bits per heavy atom. The lowest BCUT2D eigenvalue weighted by molar-refractivity contribution is -0.141. The summed E-state index contributed by atoms with van der Waals surface area (Å²) >= 11 is 0.930. The Hall–Kier alpha value is -4.37. The number of benzene rings is 2. The Bertz CT molecular complexity index is 1750. The van der Waals surface area contributed by atoms with Crippen molar-refractivity contribution in [1.82, 2.24) is 30.8 Å². The summed E-state index contributed by atoms with van der Waals surface area (Å²) in [6, 6.07) is 10.0. The second-order valence-electron chi connectivity index (χ2n) is 11.3. The van der Waals surface area contributed by atoms with Crippen molar-refractivity contribution in [2.45, 2.75) is 60.4 Å². The molecule has 2 aromatic carbocycles. The lowest BCUT2D eigenvalue weighted by atomic mass is 10.0. The fourth-order valence-electron chi connectivity index (χ4n) is 5.58. The van der Waals surface area contributed by atoms with Gasteiger partial charge in [-0.05, 0) is 54.8 Å². The standard InChI is InChI=1S/C33H38F2N8O3S/c1-43-28(14-20-17-39-25-8-3-2-7-21(20)25)31(45)41-18-22-23(34)10-11-24(35)29(22)47-32-19(6-5-13-38-32)16-40-26(9-4-12-36)30(44)42-27(15-37)33(43)46/h2-3,5-8,10-11,13,17,26-28,39-40H,4,9,12,14-16,18,36-37H2,1H3,(H,41,45)(H,42,44)/t26-,27-,28-/m0/s1. The highest BCUT2D eigenvalue weighted by atomic mass is 32.2. The average Bonchev–Trinajstić information content (AvgIpc) is 3.49. The molecule has 11 nitrogen and oxygen atoms in total. The van der Waals surface area contributed by atoms with Gasteiger partial charge in [0.1, 0.15) is 28.7 Å². The van der Waals surface area contributed by atoms with Crippen molar-refractivity contribution < 1.29 is 23.2 Å². The number of nitrogens with two attached hydrogens (primary N) is 2. The number of pyridine rings is 1. The fraction of sp³-hybridized carbons (Fsp3) is 0.333. The molecular formula is C33H38F2N8O3S. The van der Waals surface area contributed by atoms with Crippen LogP contribution in [0.4, 0.5) is 8.78 Å². The zero-order valence-electron chi connectivity index (χ0n) is 25.9. The molecule has 0 unspecified atom stereocenters. The molecule has 3 atom stereocenters. The van der Waals surface area contributed by atoms with Crippen LogP contribution >= 0.6 is 11.8 Å². The van der Waals surface area contributed by atoms with Crippen molar-refractivity contribution in [2.24, 2.45) is 11.5 Å². The summed E-state index contributed by atoms with van der Waals surface area (Å²) in [4.78, 5) is 50.2. The van der Waals surface area contributed by atoms with Crippen molar-refractivity contribution >= 4 is 40.4 Å². The number of para-hydroxylation sites is 1. The van der Waals surface area contributed by atoms with Gasteiger partial charge in [0.15, 0.2) is 0 Å². The summed E-state index contributed by atoms with van der Waals surface area (Å²) in [7, 11) is 1.46. The summed E-state index contributed by atoms with van der Waals surface area (Å²) in [6.45, 7) is -0.0691. The summed E-state index contributed by atoms with van der Waals surface area (Å²) in [5.41, 5.74) is 13.9. The number of hydrogen-bond acceptors (Lipinski definition) is 8. The fourth-order valence-corrected chi connectivity index (χ4v) is 6.62. The number of carbonyl (C=O) groups is 3. The first kappa shape index (κ1) is 34.0. The average molecular weight is 665 g/mol. The van der Waals surface area contributed by atoms with Crippen molar-refractivity contribution in [2.75, 3.05) is 20.1 Å². The second-order valence-corrected chi connectivity index (χ2v) is 12.3. The van der Waals surface area contributed by atoms with E-state index >= 15 is 8.78 Å². The van der Waals surface area contributed by atoms with Gasteiger partial charge in [0.05, 0.1) is 10.9 Å². The molecule has 0 aliphatic carbocycles. The van der Waals surface area contributed by atoms with Gasteiger partial charge in [-0.2, -0.15) is 0 Å². The number of H-pyrrole nitrogens is 1. The van der Waals surface area contributed by atoms with Gasteiger partial charge in [-0.15, -0.1) is 0 Å². The normalized spacial score (nSPS) is 19.9. The number of nitrogens with one attached hydrogen (secondary N) is 4. The number of hydrogen-bond donors (Lipinski definition) is 6. The highest BCUT2D eigenvalue weighted by Crippen LogP contribution is 2.35. The molecule has 0 bridgehead atoms. The predicted molar refractivity (Wildman–Crippen MR) is 175 cm³/mol. The Morgan fingerprint density at radius 1 is 0.979 bits per heavy atom. The Balaban J connectivity index is 1.57. The SMILES string of the molecule is CN1C(=O)[C@H](CN)NC(=O)[C@H](CCCN)NCc2cccnc2Sc2c(F)ccc(F)c2CNC(=O)[C@@H]1Cc1c[nH]c2ccccc12. The zero-order valence-corrected chi connectivity index (χ0v) is 26.7. The van der Waals surface area contributed by atoms with Crippen LogP contribution in [0.2, 0.25) is 0 Å². The lowest BCUT2D eigenvalue weighted by Gasteiger charge is -2.31. The molecule has 5 rings (SSSR count). The first-order valence-electron chi connectivity index (χ1n) is 15.3. The summed E-state index contributed by atoms with van der Waals surface area (Å²) in [6.07, 6.45) is 4.27. The third-order valence-electron chi connectivity index (χ3n) is 8.25. The molecular weight excluding hydrogens is 626 g/mol. The minimum Gasteiger partial charge on any atom is -0.361 e. The molecule has 14 heteroatoms. The second kappa shape index (κ2) is 15.5. The third kappa shape index (κ3) is 7.79. The number of fused-ring (bicyclic) bond motifs is 3. The molecule has 248 valence electrons. The summed E-state index contributed by atoms with van der Waals surface area (Å²) < 4.78 is 30.7. The van der Waals surface area contributed by atoms with Crippen LogP contribution in [0, 0.1) is 11.6 Å². The zero-order chi connectivity index (χ0) is 33.5. The van der Waals surface area contributed by atoms with Crippen molar-refractivity contribution in [3.05, 3.63) is 89.2 Å². The van der Waals surface area contributed by atoms with Crippen LogP contribution in [0.1, 0.15) is 29.5 Å². The molecule has 0 saturated carbocycles. The molecule has 2 aromatic heterocycles. The van der Waals surface area contributed by atoms with Crippen molar-refractivity contribution in [3.63, 3.8) is 0 Å². The minimum absolute atomic E-state index is 0.0344. The predicted octanol–water partition coefficient (Wildman–Crippen LogP) is 2.33. The largest absolute Gasteiger partial charge is 0.361 e. The molecule has 8 N–H and O–H groups in total. The molecule has 3 heterocycles. The van der Waals surface area contributed by atoms with E-state index in [4.69, 9.17) is 11.5 Å². The molecule has 0 saturated heterocycles. The van der Waals surface area contributed by atoms with Crippen LogP contribution in [0.5, 0.6) is 0 Å². The first-order valence-corrected chi connectivity index (χ1v) is 16.1. The van der Waals surface area contributed by atoms with E-state index in [2.05, 4.69) is 25.9 Å². The molecule has 3 amide bonds. The number of amides is 3. The quantitative estimate of drug-likeness (QED) is 0.182. The minimum atomic E-state index is -1.14. The molecule has 1 aliphatic rings. The van der Waals surface area contributed by atoms with Gasteiger partial charge >= 0.3 is 0 Å². The summed E-state index contributed by atoms with van der Waals surface area (Å²) in [5.74, 6) is -3.03. The number of carbonyl (C=O) groups excluding carboxylic acids is 3. The maximum Gasteiger partial charge on any atom is 0.246 e. The van der Waals surface area contributed by atoms with Crippen LogP contribution in [-0.2, 0) is 33.9 Å². The van der Waals surface area contributed by atoms with E-state index in [0.717, 1.165) is 40.4 Å². The number of aromatic amines is 1. The number of nitrogens with zero attached hydrogens (tertiary/aromatic N) is 2. The Morgan fingerprint density at radius 2 is 1.77 bits per heavy atom. The maximum absolute atomic E-state index is 15.3. The smallest absolute Gasteiger partial charge is 0.246 e. The molecule has 1 aliphatic heterocycles. The first-order chi connectivity index (χ1) is 22.7. The van der Waals surface area contributed by atoms with Gasteiger partial charge in [-0.1, -0.05) is 36.0 Å². The van der Waals surface area contributed by atoms with Gasteiger partial charge in [0.2, 0.25) is 17.7 Å². The van der Waals surface area contributed by atoms with Crippen LogP contribution in [0.25, 0.3) is 10.9 Å². The molecule has 0 radical (unpaired) electrons. The molecule has 4 aromatic rings. The monoisotopic (exact) mass is 664 g/mol. The van der Waals surface area contributed by atoms with Gasteiger partial charge in [-0.25, -0.2) is 13.8 Å². The molecule has 47 heavy (non-hydrogen) atoms. The highest BCUT2D eigenvalue weighted by Gasteiger charge is 2.34. The van der Waals surface area contributed by atoms with Gasteiger partial charge in [0.25, 0.3) is 0 Å². The highest BCUT2D eigenvalue weighted by molar-refractivity contribution is 7.99. The van der Waals surface area contributed by atoms with Gasteiger partial charge in [-0.3, -0.25) is 14.4 Å². The van der Waals surface area contributed by atoms with E-state index in [1.54, 1.807) is 18.3 Å². The van der Waals surface area contributed by atoms with Crippen molar-refractivity contribution in [1.29, 1.82) is 0 Å². The van der Waals surface area contributed by atoms with Gasteiger partial charge in [0, 0.05) is 62.0 Å². The molecule has 0 spiro atoms. The van der Waals surface area contributed by atoms with E-state index in [-0.39, 0.29) is 36.5 Å².